The predicted molar refractivity (Wildman–Crippen MR) is 60.6 cm³/mol. The van der Waals surface area contributed by atoms with E-state index in [1.54, 1.807) is 0 Å². The van der Waals surface area contributed by atoms with Gasteiger partial charge < -0.3 is 15.3 Å². The summed E-state index contributed by atoms with van der Waals surface area (Å²) in [5, 5.41) is 11.4. The molecule has 1 rings (SSSR count). The van der Waals surface area contributed by atoms with Crippen LogP contribution >= 0.6 is 0 Å². The molecule has 1 saturated carbocycles. The molecule has 0 saturated heterocycles. The lowest BCUT2D eigenvalue weighted by molar-refractivity contribution is -0.141. The molecule has 1 aliphatic carbocycles. The average molecular weight is 282 g/mol. The largest absolute Gasteiger partial charge is 0.481 e. The molecule has 0 aromatic heterocycles. The smallest absolute Gasteiger partial charge is 0.390 e. The van der Waals surface area contributed by atoms with E-state index in [2.05, 4.69) is 5.32 Å². The summed E-state index contributed by atoms with van der Waals surface area (Å²) in [6.45, 7) is -0.412. The highest BCUT2D eigenvalue weighted by Crippen LogP contribution is 2.25. The second kappa shape index (κ2) is 6.12. The van der Waals surface area contributed by atoms with Crippen molar-refractivity contribution in [1.29, 1.82) is 0 Å². The number of carbonyl (C=O) groups is 2. The lowest BCUT2D eigenvalue weighted by atomic mass is 10.1. The van der Waals surface area contributed by atoms with Crippen molar-refractivity contribution >= 4 is 12.0 Å². The number of urea groups is 1. The number of rotatable bonds is 4. The first kappa shape index (κ1) is 15.6. The lowest BCUT2D eigenvalue weighted by Gasteiger charge is -2.21. The summed E-state index contributed by atoms with van der Waals surface area (Å²) < 4.78 is 36.0. The zero-order valence-corrected chi connectivity index (χ0v) is 10.5. The van der Waals surface area contributed by atoms with Crippen molar-refractivity contribution in [3.63, 3.8) is 0 Å². The maximum absolute atomic E-state index is 12.0. The van der Waals surface area contributed by atoms with Crippen molar-refractivity contribution in [2.45, 2.75) is 37.9 Å². The molecular weight excluding hydrogens is 265 g/mol. The number of carboxylic acid groups (broad SMARTS) is 1. The third-order valence-electron chi connectivity index (χ3n) is 3.19. The van der Waals surface area contributed by atoms with Crippen molar-refractivity contribution in [2.24, 2.45) is 5.92 Å². The molecule has 8 heteroatoms. The molecule has 19 heavy (non-hydrogen) atoms. The van der Waals surface area contributed by atoms with Crippen molar-refractivity contribution in [2.75, 3.05) is 13.6 Å². The van der Waals surface area contributed by atoms with Crippen LogP contribution < -0.4 is 5.32 Å². The Balaban J connectivity index is 2.33. The number of alkyl halides is 3. The Kier molecular flexibility index (Phi) is 5.02. The quantitative estimate of drug-likeness (QED) is 0.826. The van der Waals surface area contributed by atoms with E-state index in [-0.39, 0.29) is 6.04 Å². The van der Waals surface area contributed by atoms with Crippen LogP contribution in [-0.2, 0) is 4.79 Å². The van der Waals surface area contributed by atoms with Gasteiger partial charge in [-0.25, -0.2) is 4.79 Å². The van der Waals surface area contributed by atoms with E-state index in [0.717, 1.165) is 4.90 Å². The monoisotopic (exact) mass is 282 g/mol. The van der Waals surface area contributed by atoms with Gasteiger partial charge >= 0.3 is 18.2 Å². The fraction of sp³-hybridized carbons (Fsp3) is 0.818. The first-order chi connectivity index (χ1) is 8.69. The van der Waals surface area contributed by atoms with Crippen LogP contribution in [0.15, 0.2) is 0 Å². The zero-order chi connectivity index (χ0) is 14.6. The van der Waals surface area contributed by atoms with Crippen LogP contribution in [0.25, 0.3) is 0 Å². The van der Waals surface area contributed by atoms with E-state index in [1.807, 2.05) is 0 Å². The van der Waals surface area contributed by atoms with Crippen LogP contribution in [0.4, 0.5) is 18.0 Å². The van der Waals surface area contributed by atoms with E-state index in [1.165, 1.54) is 7.05 Å². The van der Waals surface area contributed by atoms with Crippen LogP contribution in [-0.4, -0.2) is 47.8 Å². The van der Waals surface area contributed by atoms with Gasteiger partial charge in [-0.2, -0.15) is 13.2 Å². The minimum atomic E-state index is -4.30. The van der Waals surface area contributed by atoms with Gasteiger partial charge in [0.15, 0.2) is 0 Å². The van der Waals surface area contributed by atoms with Crippen LogP contribution in [0.1, 0.15) is 25.7 Å². The molecular formula is C11H17F3N2O3. The van der Waals surface area contributed by atoms with E-state index in [0.29, 0.717) is 19.3 Å². The molecule has 1 fully saturated rings. The Morgan fingerprint density at radius 1 is 1.37 bits per heavy atom. The third kappa shape index (κ3) is 5.35. The molecule has 110 valence electrons. The maximum Gasteiger partial charge on any atom is 0.390 e. The van der Waals surface area contributed by atoms with Gasteiger partial charge in [-0.3, -0.25) is 4.79 Å². The van der Waals surface area contributed by atoms with Gasteiger partial charge in [0.2, 0.25) is 0 Å². The average Bonchev–Trinajstić information content (AvgIpc) is 2.73. The van der Waals surface area contributed by atoms with Crippen molar-refractivity contribution in [3.05, 3.63) is 0 Å². The van der Waals surface area contributed by atoms with Gasteiger partial charge in [-0.15, -0.1) is 0 Å². The zero-order valence-electron chi connectivity index (χ0n) is 10.5. The number of carbonyl (C=O) groups excluding carboxylic acids is 1. The van der Waals surface area contributed by atoms with E-state index >= 15 is 0 Å². The molecule has 5 nitrogen and oxygen atoms in total. The van der Waals surface area contributed by atoms with Crippen LogP contribution in [0, 0.1) is 5.92 Å². The fourth-order valence-corrected chi connectivity index (χ4v) is 2.02. The summed E-state index contributed by atoms with van der Waals surface area (Å²) in [5.74, 6) is -1.38. The van der Waals surface area contributed by atoms with Gasteiger partial charge in [0, 0.05) is 19.6 Å². The van der Waals surface area contributed by atoms with E-state index in [4.69, 9.17) is 5.11 Å². The molecule has 0 radical (unpaired) electrons. The Morgan fingerprint density at radius 2 is 2.00 bits per heavy atom. The molecule has 1 aliphatic rings. The first-order valence-corrected chi connectivity index (χ1v) is 6.00. The van der Waals surface area contributed by atoms with Gasteiger partial charge in [-0.05, 0) is 19.3 Å². The molecule has 0 aliphatic heterocycles. The molecule has 0 heterocycles. The number of hydrogen-bond donors (Lipinski definition) is 2. The highest BCUT2D eigenvalue weighted by Gasteiger charge is 2.32. The summed E-state index contributed by atoms with van der Waals surface area (Å²) in [7, 11) is 1.28. The number of halogens is 3. The number of nitrogens with zero attached hydrogens (tertiary/aromatic N) is 1. The number of aliphatic carboxylic acids is 1. The van der Waals surface area contributed by atoms with Crippen LogP contribution in [0.5, 0.6) is 0 Å². The fourth-order valence-electron chi connectivity index (χ4n) is 2.02. The lowest BCUT2D eigenvalue weighted by Crippen LogP contribution is -2.43. The Morgan fingerprint density at radius 3 is 2.47 bits per heavy atom. The summed E-state index contributed by atoms with van der Waals surface area (Å²) in [5.41, 5.74) is 0. The molecule has 2 N–H and O–H groups in total. The Bertz CT molecular complexity index is 347. The summed E-state index contributed by atoms with van der Waals surface area (Å²) in [6.07, 6.45) is -4.01. The maximum atomic E-state index is 12.0. The predicted octanol–water partition coefficient (Wildman–Crippen LogP) is 1.83. The van der Waals surface area contributed by atoms with Gasteiger partial charge in [0.25, 0.3) is 0 Å². The van der Waals surface area contributed by atoms with E-state index in [9.17, 15) is 22.8 Å². The molecule has 0 aromatic rings. The second-order valence-electron chi connectivity index (χ2n) is 4.78. The molecule has 2 amide bonds. The highest BCUT2D eigenvalue weighted by atomic mass is 19.4. The summed E-state index contributed by atoms with van der Waals surface area (Å²) in [4.78, 5) is 23.3. The van der Waals surface area contributed by atoms with Gasteiger partial charge in [0.1, 0.15) is 0 Å². The summed E-state index contributed by atoms with van der Waals surface area (Å²) in [6, 6.07) is -0.873. The first-order valence-electron chi connectivity index (χ1n) is 6.00. The molecule has 2 atom stereocenters. The number of carboxylic acids is 1. The molecule has 0 spiro atoms. The SMILES string of the molecule is CN(CCC(F)(F)F)C(=O)N[C@H]1CC[C@@H](C(=O)O)C1. The Hall–Kier alpha value is -1.47. The third-order valence-corrected chi connectivity index (χ3v) is 3.19. The molecule has 0 bridgehead atoms. The second-order valence-corrected chi connectivity index (χ2v) is 4.78. The number of amides is 2. The topological polar surface area (TPSA) is 69.6 Å². The minimum Gasteiger partial charge on any atom is -0.481 e. The summed E-state index contributed by atoms with van der Waals surface area (Å²) >= 11 is 0. The van der Waals surface area contributed by atoms with Gasteiger partial charge in [-0.1, -0.05) is 0 Å². The minimum absolute atomic E-state index is 0.276. The Labute approximate surface area is 108 Å². The molecule has 0 unspecified atom stereocenters. The molecule has 0 aromatic carbocycles. The normalized spacial score (nSPS) is 23.2. The van der Waals surface area contributed by atoms with Crippen molar-refractivity contribution < 1.29 is 27.9 Å². The number of hydrogen-bond acceptors (Lipinski definition) is 2. The van der Waals surface area contributed by atoms with Crippen LogP contribution in [0.2, 0.25) is 0 Å². The van der Waals surface area contributed by atoms with Crippen molar-refractivity contribution in [3.8, 4) is 0 Å². The van der Waals surface area contributed by atoms with Gasteiger partial charge in [0.05, 0.1) is 12.3 Å². The van der Waals surface area contributed by atoms with Crippen LogP contribution in [0.3, 0.4) is 0 Å². The van der Waals surface area contributed by atoms with E-state index < -0.39 is 37.1 Å². The van der Waals surface area contributed by atoms with Crippen molar-refractivity contribution in [1.82, 2.24) is 10.2 Å². The standard InChI is InChI=1S/C11H17F3N2O3/c1-16(5-4-11(12,13)14)10(19)15-8-3-2-7(6-8)9(17)18/h7-8H,2-6H2,1H3,(H,15,19)(H,17,18)/t7-,8+/m1/s1. The number of nitrogens with one attached hydrogen (secondary N) is 1. The highest BCUT2D eigenvalue weighted by molar-refractivity contribution is 5.75.